The van der Waals surface area contributed by atoms with E-state index in [9.17, 15) is 9.18 Å². The minimum atomic E-state index is -0.900. The van der Waals surface area contributed by atoms with E-state index in [0.29, 0.717) is 26.1 Å². The number of hydrogen-bond acceptors (Lipinski definition) is 6. The molecule has 0 unspecified atom stereocenters. The van der Waals surface area contributed by atoms with Crippen molar-refractivity contribution in [2.75, 3.05) is 25.9 Å². The summed E-state index contributed by atoms with van der Waals surface area (Å²) in [7, 11) is 3.53. The molecule has 1 fully saturated rings. The van der Waals surface area contributed by atoms with Crippen LogP contribution in [0.1, 0.15) is 22.6 Å². The highest BCUT2D eigenvalue weighted by Crippen LogP contribution is 2.23. The van der Waals surface area contributed by atoms with E-state index in [-0.39, 0.29) is 23.5 Å². The van der Waals surface area contributed by atoms with Crippen LogP contribution in [-0.4, -0.2) is 67.8 Å². The molecule has 1 saturated heterocycles. The molecule has 8 nitrogen and oxygen atoms in total. The molecular weight excluding hydrogens is 325 g/mol. The fraction of sp³-hybridized carbons (Fsp3) is 0.500. The topological polar surface area (TPSA) is 93.2 Å². The molecule has 0 spiro atoms. The number of rotatable bonds is 5. The summed E-state index contributed by atoms with van der Waals surface area (Å²) in [6.45, 7) is 1.34. The lowest BCUT2D eigenvalue weighted by molar-refractivity contribution is 0.0743. The number of hydrogen-bond donors (Lipinski definition) is 1. The fourth-order valence-corrected chi connectivity index (χ4v) is 3.16. The van der Waals surface area contributed by atoms with E-state index >= 15 is 0 Å². The van der Waals surface area contributed by atoms with E-state index in [2.05, 4.69) is 15.1 Å². The average molecular weight is 347 g/mol. The lowest BCUT2D eigenvalue weighted by Gasteiger charge is -2.28. The predicted molar refractivity (Wildman–Crippen MR) is 90.3 cm³/mol. The van der Waals surface area contributed by atoms with Crippen molar-refractivity contribution >= 4 is 11.7 Å². The third kappa shape index (κ3) is 3.76. The van der Waals surface area contributed by atoms with E-state index in [1.165, 1.54) is 17.3 Å². The summed E-state index contributed by atoms with van der Waals surface area (Å²) < 4.78 is 15.8. The van der Waals surface area contributed by atoms with E-state index in [1.807, 2.05) is 18.0 Å². The van der Waals surface area contributed by atoms with E-state index in [4.69, 9.17) is 5.73 Å². The second-order valence-corrected chi connectivity index (χ2v) is 6.34. The first-order chi connectivity index (χ1) is 12.0. The monoisotopic (exact) mass is 347 g/mol. The first-order valence-corrected chi connectivity index (χ1v) is 8.12. The van der Waals surface area contributed by atoms with Gasteiger partial charge >= 0.3 is 0 Å². The van der Waals surface area contributed by atoms with E-state index in [1.54, 1.807) is 17.9 Å². The summed E-state index contributed by atoms with van der Waals surface area (Å²) in [5.74, 6) is -0.214. The molecular formula is C16H22FN7O. The number of aryl methyl sites for hydroxylation is 1. The molecule has 2 N–H and O–H groups in total. The number of nitrogens with zero attached hydrogens (tertiary/aromatic N) is 6. The van der Waals surface area contributed by atoms with Crippen LogP contribution in [0.15, 0.2) is 24.7 Å². The Kier molecular flexibility index (Phi) is 4.93. The van der Waals surface area contributed by atoms with Gasteiger partial charge in [-0.1, -0.05) is 0 Å². The molecule has 2 atom stereocenters. The summed E-state index contributed by atoms with van der Waals surface area (Å²) in [6.07, 6.45) is 4.08. The number of aromatic nitrogens is 4. The van der Waals surface area contributed by atoms with Crippen LogP contribution in [0.2, 0.25) is 0 Å². The van der Waals surface area contributed by atoms with Crippen LogP contribution in [-0.2, 0) is 13.6 Å². The van der Waals surface area contributed by atoms with Gasteiger partial charge in [0.1, 0.15) is 6.17 Å². The van der Waals surface area contributed by atoms with Gasteiger partial charge in [-0.25, -0.2) is 14.4 Å². The number of halogens is 1. The molecule has 0 aliphatic carbocycles. The molecule has 25 heavy (non-hydrogen) atoms. The zero-order valence-corrected chi connectivity index (χ0v) is 14.3. The Morgan fingerprint density at radius 1 is 1.40 bits per heavy atom. The molecule has 0 aromatic carbocycles. The lowest BCUT2D eigenvalue weighted by atomic mass is 10.2. The molecule has 1 aliphatic heterocycles. The van der Waals surface area contributed by atoms with Crippen molar-refractivity contribution in [2.24, 2.45) is 7.05 Å². The number of anilines is 1. The lowest BCUT2D eigenvalue weighted by Crippen LogP contribution is -2.41. The summed E-state index contributed by atoms with van der Waals surface area (Å²) in [5.41, 5.74) is 6.85. The highest BCUT2D eigenvalue weighted by molar-refractivity contribution is 5.96. The standard InChI is InChI=1S/C16H22FN7O/c1-22(16(25)14-15(18)20-6-5-19-14)9-13-7-11(17)8-24(13)10-12-3-4-21-23(12)2/h3-6,11,13H,7-10H2,1-2H3,(H2,18,20)/t11-,13-/m0/s1. The smallest absolute Gasteiger partial charge is 0.276 e. The number of alkyl halides is 1. The van der Waals surface area contributed by atoms with Crippen molar-refractivity contribution in [1.82, 2.24) is 29.5 Å². The van der Waals surface area contributed by atoms with Crippen LogP contribution >= 0.6 is 0 Å². The fourth-order valence-electron chi connectivity index (χ4n) is 3.16. The number of likely N-dealkylation sites (tertiary alicyclic amines) is 1. The predicted octanol–water partition coefficient (Wildman–Crippen LogP) is 0.477. The SMILES string of the molecule is CN(C[C@@H]1C[C@H](F)CN1Cc1ccnn1C)C(=O)c1nccnc1N. The Morgan fingerprint density at radius 2 is 2.16 bits per heavy atom. The Bertz CT molecular complexity index is 750. The molecule has 1 amide bonds. The maximum atomic E-state index is 14.0. The molecule has 0 bridgehead atoms. The second-order valence-electron chi connectivity index (χ2n) is 6.34. The quantitative estimate of drug-likeness (QED) is 0.845. The van der Waals surface area contributed by atoms with Crippen LogP contribution in [0, 0.1) is 0 Å². The van der Waals surface area contributed by atoms with Crippen molar-refractivity contribution in [1.29, 1.82) is 0 Å². The number of carbonyl (C=O) groups is 1. The zero-order valence-electron chi connectivity index (χ0n) is 14.3. The van der Waals surface area contributed by atoms with Crippen LogP contribution in [0.3, 0.4) is 0 Å². The minimum absolute atomic E-state index is 0.0725. The molecule has 2 aromatic heterocycles. The van der Waals surface area contributed by atoms with Gasteiger partial charge in [0.05, 0.1) is 5.69 Å². The third-order valence-corrected chi connectivity index (χ3v) is 4.52. The Labute approximate surface area is 145 Å². The van der Waals surface area contributed by atoms with Gasteiger partial charge in [-0.15, -0.1) is 0 Å². The number of nitrogens with two attached hydrogens (primary N) is 1. The number of amides is 1. The van der Waals surface area contributed by atoms with Crippen molar-refractivity contribution in [2.45, 2.75) is 25.2 Å². The van der Waals surface area contributed by atoms with Crippen molar-refractivity contribution < 1.29 is 9.18 Å². The van der Waals surface area contributed by atoms with Crippen LogP contribution < -0.4 is 5.73 Å². The maximum absolute atomic E-state index is 14.0. The number of likely N-dealkylation sites (N-methyl/N-ethyl adjacent to an activating group) is 1. The molecule has 3 heterocycles. The van der Waals surface area contributed by atoms with Gasteiger partial charge in [-0.3, -0.25) is 14.4 Å². The Hall–Kier alpha value is -2.55. The molecule has 3 rings (SSSR count). The van der Waals surface area contributed by atoms with E-state index in [0.717, 1.165) is 5.69 Å². The molecule has 2 aromatic rings. The van der Waals surface area contributed by atoms with Gasteiger partial charge < -0.3 is 10.6 Å². The van der Waals surface area contributed by atoms with Gasteiger partial charge in [0, 0.05) is 58.4 Å². The molecule has 0 radical (unpaired) electrons. The van der Waals surface area contributed by atoms with Gasteiger partial charge in [0.25, 0.3) is 5.91 Å². The number of carbonyl (C=O) groups excluding carboxylic acids is 1. The average Bonchev–Trinajstić information content (AvgIpc) is 3.13. The maximum Gasteiger partial charge on any atom is 0.276 e. The van der Waals surface area contributed by atoms with E-state index < -0.39 is 6.17 Å². The van der Waals surface area contributed by atoms with Crippen molar-refractivity contribution in [3.8, 4) is 0 Å². The molecule has 0 saturated carbocycles. The second kappa shape index (κ2) is 7.14. The Balaban J connectivity index is 1.68. The van der Waals surface area contributed by atoms with Gasteiger partial charge in [-0.2, -0.15) is 5.10 Å². The normalized spacial score (nSPS) is 20.8. The van der Waals surface area contributed by atoms with Crippen molar-refractivity contribution in [3.05, 3.63) is 36.0 Å². The van der Waals surface area contributed by atoms with Crippen molar-refractivity contribution in [3.63, 3.8) is 0 Å². The minimum Gasteiger partial charge on any atom is -0.382 e. The summed E-state index contributed by atoms with van der Waals surface area (Å²) >= 11 is 0. The largest absolute Gasteiger partial charge is 0.382 e. The first kappa shape index (κ1) is 17.3. The first-order valence-electron chi connectivity index (χ1n) is 8.12. The van der Waals surface area contributed by atoms with Crippen LogP contribution in [0.5, 0.6) is 0 Å². The highest BCUT2D eigenvalue weighted by Gasteiger charge is 2.34. The Morgan fingerprint density at radius 3 is 2.84 bits per heavy atom. The molecule has 1 aliphatic rings. The van der Waals surface area contributed by atoms with Gasteiger partial charge in [-0.05, 0) is 12.5 Å². The third-order valence-electron chi connectivity index (χ3n) is 4.52. The molecule has 134 valence electrons. The van der Waals surface area contributed by atoms with Crippen LogP contribution in [0.4, 0.5) is 10.2 Å². The highest BCUT2D eigenvalue weighted by atomic mass is 19.1. The molecule has 9 heteroatoms. The summed E-state index contributed by atoms with van der Waals surface area (Å²) in [6, 6.07) is 1.84. The van der Waals surface area contributed by atoms with Gasteiger partial charge in [0.15, 0.2) is 11.5 Å². The number of nitrogen functional groups attached to an aromatic ring is 1. The summed E-state index contributed by atoms with van der Waals surface area (Å²) in [5, 5.41) is 4.14. The van der Waals surface area contributed by atoms with Gasteiger partial charge in [0.2, 0.25) is 0 Å². The zero-order chi connectivity index (χ0) is 18.0. The van der Waals surface area contributed by atoms with Crippen LogP contribution in [0.25, 0.3) is 0 Å². The summed E-state index contributed by atoms with van der Waals surface area (Å²) in [4.78, 5) is 24.0.